The molecule has 3 nitrogen and oxygen atoms in total. The molecule has 0 unspecified atom stereocenters. The molecule has 0 bridgehead atoms. The third kappa shape index (κ3) is 1.95. The van der Waals surface area contributed by atoms with Crippen molar-refractivity contribution in [1.29, 1.82) is 0 Å². The van der Waals surface area contributed by atoms with Gasteiger partial charge in [-0.05, 0) is 31.5 Å². The van der Waals surface area contributed by atoms with Crippen LogP contribution in [-0.2, 0) is 0 Å². The van der Waals surface area contributed by atoms with E-state index >= 15 is 0 Å². The van der Waals surface area contributed by atoms with Crippen molar-refractivity contribution in [1.82, 2.24) is 5.32 Å². The van der Waals surface area contributed by atoms with Crippen LogP contribution in [0.3, 0.4) is 0 Å². The number of alkyl halides is 2. The van der Waals surface area contributed by atoms with Crippen LogP contribution in [-0.4, -0.2) is 19.3 Å². The minimum atomic E-state index is -2.80. The molecule has 1 N–H and O–H groups in total. The van der Waals surface area contributed by atoms with Gasteiger partial charge in [-0.1, -0.05) is 0 Å². The van der Waals surface area contributed by atoms with Gasteiger partial charge in [0.05, 0.1) is 6.04 Å². The lowest BCUT2D eigenvalue weighted by molar-refractivity contribution is -0.0499. The van der Waals surface area contributed by atoms with Crippen LogP contribution in [0.4, 0.5) is 8.78 Å². The minimum absolute atomic E-state index is 0.126. The summed E-state index contributed by atoms with van der Waals surface area (Å²) in [6.07, 6.45) is 2.20. The zero-order valence-corrected chi connectivity index (χ0v) is 9.16. The smallest absolute Gasteiger partial charge is 0.387 e. The van der Waals surface area contributed by atoms with Gasteiger partial charge in [0.25, 0.3) is 0 Å². The Kier molecular flexibility index (Phi) is 2.63. The van der Waals surface area contributed by atoms with Gasteiger partial charge in [0.1, 0.15) is 17.6 Å². The second kappa shape index (κ2) is 4.14. The molecule has 1 fully saturated rings. The van der Waals surface area contributed by atoms with Crippen LogP contribution >= 0.6 is 0 Å². The molecule has 5 heteroatoms. The number of piperidine rings is 1. The quantitative estimate of drug-likeness (QED) is 0.862. The van der Waals surface area contributed by atoms with E-state index in [0.717, 1.165) is 24.9 Å². The molecule has 3 rings (SSSR count). The Morgan fingerprint density at radius 3 is 3.12 bits per heavy atom. The lowest BCUT2D eigenvalue weighted by Crippen LogP contribution is -2.36. The van der Waals surface area contributed by atoms with Crippen molar-refractivity contribution >= 4 is 0 Å². The summed E-state index contributed by atoms with van der Waals surface area (Å²) in [7, 11) is 0. The molecule has 2 aliphatic heterocycles. The predicted octanol–water partition coefficient (Wildman–Crippen LogP) is 2.47. The maximum Gasteiger partial charge on any atom is 0.387 e. The molecule has 2 aliphatic rings. The molecule has 1 saturated heterocycles. The van der Waals surface area contributed by atoms with E-state index in [1.54, 1.807) is 18.2 Å². The van der Waals surface area contributed by atoms with E-state index in [9.17, 15) is 8.78 Å². The van der Waals surface area contributed by atoms with E-state index in [0.29, 0.717) is 5.75 Å². The van der Waals surface area contributed by atoms with Crippen LogP contribution < -0.4 is 14.8 Å². The summed E-state index contributed by atoms with van der Waals surface area (Å²) in [6.45, 7) is -1.82. The van der Waals surface area contributed by atoms with Gasteiger partial charge in [-0.3, -0.25) is 0 Å². The number of nitrogens with one attached hydrogen (secondary N) is 1. The molecule has 2 heterocycles. The van der Waals surface area contributed by atoms with Crippen molar-refractivity contribution in [2.45, 2.75) is 31.6 Å². The lowest BCUT2D eigenvalue weighted by atomic mass is 9.97. The Labute approximate surface area is 97.7 Å². The summed E-state index contributed by atoms with van der Waals surface area (Å²) in [5.74, 6) is 0.810. The standard InChI is InChI=1S/C12H13F2NO2/c13-12(14)16-7-3-4-8-10(6-7)17-9-2-1-5-15-11(8)9/h3-4,6,9,11-12,15H,1-2,5H2/t9-,11-/m0/s1. The Bertz CT molecular complexity index is 425. The van der Waals surface area contributed by atoms with Crippen molar-refractivity contribution in [2.24, 2.45) is 0 Å². The normalized spacial score (nSPS) is 26.3. The van der Waals surface area contributed by atoms with Gasteiger partial charge >= 0.3 is 6.61 Å². The zero-order chi connectivity index (χ0) is 11.8. The Hall–Kier alpha value is -1.36. The van der Waals surface area contributed by atoms with E-state index in [4.69, 9.17) is 4.74 Å². The molecule has 17 heavy (non-hydrogen) atoms. The molecule has 0 saturated carbocycles. The van der Waals surface area contributed by atoms with Crippen LogP contribution in [0.2, 0.25) is 0 Å². The van der Waals surface area contributed by atoms with Crippen molar-refractivity contribution in [3.63, 3.8) is 0 Å². The van der Waals surface area contributed by atoms with Gasteiger partial charge in [0.15, 0.2) is 0 Å². The molecule has 0 radical (unpaired) electrons. The van der Waals surface area contributed by atoms with Crippen LogP contribution in [0, 0.1) is 0 Å². The largest absolute Gasteiger partial charge is 0.488 e. The van der Waals surface area contributed by atoms with Crippen LogP contribution in [0.15, 0.2) is 18.2 Å². The summed E-state index contributed by atoms with van der Waals surface area (Å²) in [6, 6.07) is 5.10. The molecular weight excluding hydrogens is 228 g/mol. The number of fused-ring (bicyclic) bond motifs is 3. The highest BCUT2D eigenvalue weighted by molar-refractivity contribution is 5.46. The molecular formula is C12H13F2NO2. The van der Waals surface area contributed by atoms with Crippen molar-refractivity contribution in [2.75, 3.05) is 6.54 Å². The molecule has 0 aromatic heterocycles. The molecule has 1 aromatic rings. The van der Waals surface area contributed by atoms with E-state index in [1.807, 2.05) is 0 Å². The highest BCUT2D eigenvalue weighted by Gasteiger charge is 2.36. The fraction of sp³-hybridized carbons (Fsp3) is 0.500. The Morgan fingerprint density at radius 2 is 2.29 bits per heavy atom. The summed E-state index contributed by atoms with van der Waals surface area (Å²) >= 11 is 0. The third-order valence-corrected chi connectivity index (χ3v) is 3.23. The minimum Gasteiger partial charge on any atom is -0.488 e. The Balaban J connectivity index is 1.86. The van der Waals surface area contributed by atoms with Crippen molar-refractivity contribution < 1.29 is 18.3 Å². The summed E-state index contributed by atoms with van der Waals surface area (Å²) in [4.78, 5) is 0. The monoisotopic (exact) mass is 241 g/mol. The first-order valence-electron chi connectivity index (χ1n) is 5.73. The summed E-state index contributed by atoms with van der Waals surface area (Å²) < 4.78 is 34.3. The number of hydrogen-bond donors (Lipinski definition) is 1. The van der Waals surface area contributed by atoms with Gasteiger partial charge in [0, 0.05) is 11.6 Å². The van der Waals surface area contributed by atoms with Crippen LogP contribution in [0.25, 0.3) is 0 Å². The second-order valence-corrected chi connectivity index (χ2v) is 4.31. The maximum atomic E-state index is 12.1. The first-order valence-corrected chi connectivity index (χ1v) is 5.73. The van der Waals surface area contributed by atoms with Gasteiger partial charge in [-0.15, -0.1) is 0 Å². The van der Waals surface area contributed by atoms with Crippen molar-refractivity contribution in [3.8, 4) is 11.5 Å². The Morgan fingerprint density at radius 1 is 1.41 bits per heavy atom. The van der Waals surface area contributed by atoms with Gasteiger partial charge in [-0.2, -0.15) is 8.78 Å². The van der Waals surface area contributed by atoms with Crippen LogP contribution in [0.5, 0.6) is 11.5 Å². The third-order valence-electron chi connectivity index (χ3n) is 3.23. The molecule has 92 valence electrons. The number of rotatable bonds is 2. The number of benzene rings is 1. The number of hydrogen-bond acceptors (Lipinski definition) is 3. The molecule has 0 amide bonds. The first-order chi connectivity index (χ1) is 8.24. The zero-order valence-electron chi connectivity index (χ0n) is 9.16. The molecule has 0 spiro atoms. The highest BCUT2D eigenvalue weighted by atomic mass is 19.3. The summed E-state index contributed by atoms with van der Waals surface area (Å²) in [5.41, 5.74) is 1.04. The second-order valence-electron chi connectivity index (χ2n) is 4.31. The van der Waals surface area contributed by atoms with E-state index in [1.165, 1.54) is 0 Å². The topological polar surface area (TPSA) is 30.5 Å². The summed E-state index contributed by atoms with van der Waals surface area (Å²) in [5, 5.41) is 3.38. The SMILES string of the molecule is FC(F)Oc1ccc2c(c1)O[C@H]1CCCN[C@@H]21. The fourth-order valence-corrected chi connectivity index (χ4v) is 2.51. The van der Waals surface area contributed by atoms with E-state index in [-0.39, 0.29) is 17.9 Å². The van der Waals surface area contributed by atoms with Gasteiger partial charge < -0.3 is 14.8 Å². The average molecular weight is 241 g/mol. The molecule has 1 aromatic carbocycles. The molecule has 0 aliphatic carbocycles. The lowest BCUT2D eigenvalue weighted by Gasteiger charge is -2.25. The molecule has 2 atom stereocenters. The van der Waals surface area contributed by atoms with E-state index < -0.39 is 6.61 Å². The predicted molar refractivity (Wildman–Crippen MR) is 57.5 cm³/mol. The fourth-order valence-electron chi connectivity index (χ4n) is 2.51. The average Bonchev–Trinajstić information content (AvgIpc) is 2.65. The number of halogens is 2. The van der Waals surface area contributed by atoms with Gasteiger partial charge in [-0.25, -0.2) is 0 Å². The highest BCUT2D eigenvalue weighted by Crippen LogP contribution is 2.41. The van der Waals surface area contributed by atoms with Crippen LogP contribution in [0.1, 0.15) is 24.4 Å². The first kappa shape index (κ1) is 10.8. The number of ether oxygens (including phenoxy) is 2. The van der Waals surface area contributed by atoms with E-state index in [2.05, 4.69) is 10.1 Å². The maximum absolute atomic E-state index is 12.1. The van der Waals surface area contributed by atoms with Crippen molar-refractivity contribution in [3.05, 3.63) is 23.8 Å². The van der Waals surface area contributed by atoms with Gasteiger partial charge in [0.2, 0.25) is 0 Å².